The maximum atomic E-state index is 12.4. The Balaban J connectivity index is 1.73. The van der Waals surface area contributed by atoms with Crippen LogP contribution in [0.5, 0.6) is 5.75 Å². The van der Waals surface area contributed by atoms with Gasteiger partial charge in [-0.1, -0.05) is 17.7 Å². The first-order valence-electron chi connectivity index (χ1n) is 9.26. The van der Waals surface area contributed by atoms with Crippen molar-refractivity contribution in [2.45, 2.75) is 26.2 Å². The predicted molar refractivity (Wildman–Crippen MR) is 113 cm³/mol. The van der Waals surface area contributed by atoms with Gasteiger partial charge in [-0.2, -0.15) is 0 Å². The first kappa shape index (κ1) is 20.7. The van der Waals surface area contributed by atoms with Crippen molar-refractivity contribution >= 4 is 46.4 Å². The van der Waals surface area contributed by atoms with E-state index in [0.29, 0.717) is 35.1 Å². The van der Waals surface area contributed by atoms with Gasteiger partial charge in [0.25, 0.3) is 0 Å². The summed E-state index contributed by atoms with van der Waals surface area (Å²) in [5.41, 5.74) is 2.39. The molecule has 152 valence electrons. The van der Waals surface area contributed by atoms with Crippen LogP contribution < -0.4 is 20.3 Å². The standard InChI is InChI=1S/C21H22ClN3O4/c1-13-6-8-15(12-17(13)25-10-4-3-5-19(25)26)23-20(27)21(28)24-16-11-14(22)7-9-18(16)29-2/h6-9,11-12H,3-5,10H2,1-2H3,(H,23,27)(H,24,28). The van der Waals surface area contributed by atoms with Crippen molar-refractivity contribution in [1.29, 1.82) is 0 Å². The van der Waals surface area contributed by atoms with E-state index in [0.717, 1.165) is 24.1 Å². The molecule has 3 rings (SSSR count). The maximum absolute atomic E-state index is 12.4. The van der Waals surface area contributed by atoms with E-state index < -0.39 is 11.8 Å². The molecule has 8 heteroatoms. The molecule has 0 saturated carbocycles. The van der Waals surface area contributed by atoms with Crippen LogP contribution in [-0.2, 0) is 14.4 Å². The third kappa shape index (κ3) is 4.86. The Bertz CT molecular complexity index is 961. The first-order chi connectivity index (χ1) is 13.9. The van der Waals surface area contributed by atoms with Gasteiger partial charge in [-0.3, -0.25) is 14.4 Å². The van der Waals surface area contributed by atoms with Gasteiger partial charge in [-0.05, 0) is 55.7 Å². The minimum atomic E-state index is -0.859. The Morgan fingerprint density at radius 2 is 1.83 bits per heavy atom. The van der Waals surface area contributed by atoms with E-state index in [-0.39, 0.29) is 5.91 Å². The van der Waals surface area contributed by atoms with Crippen LogP contribution in [0.3, 0.4) is 0 Å². The van der Waals surface area contributed by atoms with Crippen LogP contribution >= 0.6 is 11.6 Å². The molecule has 1 aliphatic rings. The molecule has 1 heterocycles. The summed E-state index contributed by atoms with van der Waals surface area (Å²) < 4.78 is 5.16. The highest BCUT2D eigenvalue weighted by Crippen LogP contribution is 2.29. The molecule has 3 amide bonds. The predicted octanol–water partition coefficient (Wildman–Crippen LogP) is 3.75. The molecule has 0 unspecified atom stereocenters. The van der Waals surface area contributed by atoms with Crippen molar-refractivity contribution < 1.29 is 19.1 Å². The largest absolute Gasteiger partial charge is 0.495 e. The Morgan fingerprint density at radius 1 is 1.07 bits per heavy atom. The summed E-state index contributed by atoms with van der Waals surface area (Å²) in [7, 11) is 1.45. The highest BCUT2D eigenvalue weighted by Gasteiger charge is 2.22. The number of hydrogen-bond acceptors (Lipinski definition) is 4. The molecule has 2 N–H and O–H groups in total. The Morgan fingerprint density at radius 3 is 2.55 bits per heavy atom. The molecule has 2 aromatic rings. The average molecular weight is 416 g/mol. The number of benzene rings is 2. The molecule has 0 aliphatic carbocycles. The van der Waals surface area contributed by atoms with Gasteiger partial charge in [0.1, 0.15) is 5.75 Å². The fourth-order valence-electron chi connectivity index (χ4n) is 3.18. The van der Waals surface area contributed by atoms with Crippen molar-refractivity contribution in [2.24, 2.45) is 0 Å². The van der Waals surface area contributed by atoms with Crippen molar-refractivity contribution in [3.63, 3.8) is 0 Å². The number of rotatable bonds is 4. The normalized spacial score (nSPS) is 13.8. The zero-order valence-corrected chi connectivity index (χ0v) is 17.0. The second kappa shape index (κ2) is 8.96. The zero-order chi connectivity index (χ0) is 21.0. The lowest BCUT2D eigenvalue weighted by atomic mass is 10.1. The first-order valence-corrected chi connectivity index (χ1v) is 9.63. The molecule has 0 atom stereocenters. The van der Waals surface area contributed by atoms with Gasteiger partial charge in [0.15, 0.2) is 0 Å². The molecule has 7 nitrogen and oxygen atoms in total. The minimum absolute atomic E-state index is 0.0635. The lowest BCUT2D eigenvalue weighted by Gasteiger charge is -2.28. The molecule has 29 heavy (non-hydrogen) atoms. The van der Waals surface area contributed by atoms with Crippen LogP contribution in [0.15, 0.2) is 36.4 Å². The lowest BCUT2D eigenvalue weighted by molar-refractivity contribution is -0.133. The van der Waals surface area contributed by atoms with Gasteiger partial charge >= 0.3 is 11.8 Å². The van der Waals surface area contributed by atoms with Gasteiger partial charge in [0.2, 0.25) is 5.91 Å². The highest BCUT2D eigenvalue weighted by atomic mass is 35.5. The molecule has 1 aliphatic heterocycles. The molecular weight excluding hydrogens is 394 g/mol. The van der Waals surface area contributed by atoms with E-state index in [1.165, 1.54) is 13.2 Å². The number of hydrogen-bond donors (Lipinski definition) is 2. The molecule has 0 aromatic heterocycles. The van der Waals surface area contributed by atoms with Crippen molar-refractivity contribution in [1.82, 2.24) is 0 Å². The number of carbonyl (C=O) groups excluding carboxylic acids is 3. The number of nitrogens with zero attached hydrogens (tertiary/aromatic N) is 1. The van der Waals surface area contributed by atoms with E-state index in [9.17, 15) is 14.4 Å². The number of carbonyl (C=O) groups is 3. The Kier molecular flexibility index (Phi) is 6.39. The van der Waals surface area contributed by atoms with Gasteiger partial charge in [-0.25, -0.2) is 0 Å². The number of nitrogens with one attached hydrogen (secondary N) is 2. The van der Waals surface area contributed by atoms with Crippen LogP contribution in [0.2, 0.25) is 5.02 Å². The fraction of sp³-hybridized carbons (Fsp3) is 0.286. The summed E-state index contributed by atoms with van der Waals surface area (Å²) in [6, 6.07) is 9.92. The van der Waals surface area contributed by atoms with E-state index in [1.54, 1.807) is 29.2 Å². The van der Waals surface area contributed by atoms with Crippen LogP contribution in [0.4, 0.5) is 17.1 Å². The van der Waals surface area contributed by atoms with Crippen molar-refractivity contribution in [3.8, 4) is 5.75 Å². The Hall–Kier alpha value is -3.06. The molecule has 0 bridgehead atoms. The summed E-state index contributed by atoms with van der Waals surface area (Å²) in [6.45, 7) is 2.55. The van der Waals surface area contributed by atoms with Gasteiger partial charge in [0.05, 0.1) is 12.8 Å². The van der Waals surface area contributed by atoms with E-state index in [1.807, 2.05) is 13.0 Å². The van der Waals surface area contributed by atoms with E-state index >= 15 is 0 Å². The van der Waals surface area contributed by atoms with Crippen LogP contribution in [0.1, 0.15) is 24.8 Å². The fourth-order valence-corrected chi connectivity index (χ4v) is 3.36. The smallest absolute Gasteiger partial charge is 0.314 e. The van der Waals surface area contributed by atoms with E-state index in [4.69, 9.17) is 16.3 Å². The monoisotopic (exact) mass is 415 g/mol. The third-order valence-electron chi connectivity index (χ3n) is 4.70. The third-order valence-corrected chi connectivity index (χ3v) is 4.93. The second-order valence-corrected chi connectivity index (χ2v) is 7.19. The topological polar surface area (TPSA) is 87.7 Å². The van der Waals surface area contributed by atoms with Gasteiger partial charge in [-0.15, -0.1) is 0 Å². The molecule has 0 spiro atoms. The molecular formula is C21H22ClN3O4. The SMILES string of the molecule is COc1ccc(Cl)cc1NC(=O)C(=O)Nc1ccc(C)c(N2CCCCC2=O)c1. The summed E-state index contributed by atoms with van der Waals surface area (Å²) >= 11 is 5.94. The lowest BCUT2D eigenvalue weighted by Crippen LogP contribution is -2.35. The number of amides is 3. The molecule has 2 aromatic carbocycles. The molecule has 0 radical (unpaired) electrons. The average Bonchev–Trinajstić information content (AvgIpc) is 2.70. The maximum Gasteiger partial charge on any atom is 0.314 e. The highest BCUT2D eigenvalue weighted by molar-refractivity contribution is 6.44. The summed E-state index contributed by atoms with van der Waals surface area (Å²) in [4.78, 5) is 38.6. The number of anilines is 3. The molecule has 1 saturated heterocycles. The number of aryl methyl sites for hydroxylation is 1. The Labute approximate surface area is 174 Å². The molecule has 1 fully saturated rings. The second-order valence-electron chi connectivity index (χ2n) is 6.76. The van der Waals surface area contributed by atoms with Gasteiger partial charge in [0, 0.05) is 29.4 Å². The number of piperidine rings is 1. The van der Waals surface area contributed by atoms with Crippen LogP contribution in [0, 0.1) is 6.92 Å². The summed E-state index contributed by atoms with van der Waals surface area (Å²) in [5.74, 6) is -1.25. The number of methoxy groups -OCH3 is 1. The van der Waals surface area contributed by atoms with Crippen molar-refractivity contribution in [2.75, 3.05) is 29.2 Å². The van der Waals surface area contributed by atoms with Crippen LogP contribution in [0.25, 0.3) is 0 Å². The van der Waals surface area contributed by atoms with Crippen molar-refractivity contribution in [3.05, 3.63) is 47.0 Å². The number of halogens is 1. The number of ether oxygens (including phenoxy) is 1. The van der Waals surface area contributed by atoms with Gasteiger partial charge < -0.3 is 20.3 Å². The minimum Gasteiger partial charge on any atom is -0.495 e. The quantitative estimate of drug-likeness (QED) is 0.744. The van der Waals surface area contributed by atoms with Crippen LogP contribution in [-0.4, -0.2) is 31.4 Å². The van der Waals surface area contributed by atoms with E-state index in [2.05, 4.69) is 10.6 Å². The summed E-state index contributed by atoms with van der Waals surface area (Å²) in [5, 5.41) is 5.47. The summed E-state index contributed by atoms with van der Waals surface area (Å²) in [6.07, 6.45) is 2.34. The zero-order valence-electron chi connectivity index (χ0n) is 16.3.